The summed E-state index contributed by atoms with van der Waals surface area (Å²) in [6, 6.07) is 0. The number of hydrogen-bond donors (Lipinski definition) is 0. The van der Waals surface area contributed by atoms with Crippen molar-refractivity contribution < 1.29 is 18.0 Å². The summed E-state index contributed by atoms with van der Waals surface area (Å²) >= 11 is 0. The van der Waals surface area contributed by atoms with Crippen LogP contribution in [-0.2, 0) is 4.79 Å². The first kappa shape index (κ1) is 13.9. The molecule has 15 heavy (non-hydrogen) atoms. The fourth-order valence-electron chi connectivity index (χ4n) is 1.06. The van der Waals surface area contributed by atoms with Gasteiger partial charge >= 0.3 is 6.18 Å². The second-order valence-electron chi connectivity index (χ2n) is 3.54. The monoisotopic (exact) mass is 220 g/mol. The zero-order valence-corrected chi connectivity index (χ0v) is 9.11. The summed E-state index contributed by atoms with van der Waals surface area (Å²) in [5.74, 6) is -0.601. The first-order valence-corrected chi connectivity index (χ1v) is 4.74. The van der Waals surface area contributed by atoms with Gasteiger partial charge in [-0.1, -0.05) is 18.9 Å². The van der Waals surface area contributed by atoms with Gasteiger partial charge in [-0.2, -0.15) is 13.2 Å². The average molecular weight is 220 g/mol. The molecule has 0 atom stereocenters. The maximum Gasteiger partial charge on any atom is 0.412 e. The van der Waals surface area contributed by atoms with E-state index in [4.69, 9.17) is 0 Å². The van der Waals surface area contributed by atoms with E-state index >= 15 is 0 Å². The third-order valence-corrected chi connectivity index (χ3v) is 1.63. The molecule has 0 saturated carbocycles. The molecule has 0 aromatic rings. The molecular formula is C11H15F3O. The number of hydrogen-bond acceptors (Lipinski definition) is 1. The lowest BCUT2D eigenvalue weighted by Gasteiger charge is -2.09. The predicted molar refractivity (Wildman–Crippen MR) is 53.5 cm³/mol. The third-order valence-electron chi connectivity index (χ3n) is 1.63. The summed E-state index contributed by atoms with van der Waals surface area (Å²) in [6.07, 6.45) is -2.28. The fraction of sp³-hybridized carbons (Fsp3) is 0.545. The molecule has 0 unspecified atom stereocenters. The molecule has 0 spiro atoms. The zero-order valence-electron chi connectivity index (χ0n) is 9.11. The van der Waals surface area contributed by atoms with E-state index in [9.17, 15) is 18.0 Å². The lowest BCUT2D eigenvalue weighted by molar-refractivity contribution is -0.112. The van der Waals surface area contributed by atoms with Crippen LogP contribution < -0.4 is 0 Å². The van der Waals surface area contributed by atoms with Crippen molar-refractivity contribution in [3.63, 3.8) is 0 Å². The molecule has 0 aliphatic heterocycles. The molecule has 86 valence electrons. The number of carbonyl (C=O) groups is 1. The predicted octanol–water partition coefficient (Wildman–Crippen LogP) is 3.81. The maximum atomic E-state index is 12.4. The summed E-state index contributed by atoms with van der Waals surface area (Å²) in [5, 5.41) is 0. The van der Waals surface area contributed by atoms with Crippen LogP contribution in [0.1, 0.15) is 33.6 Å². The molecule has 0 bridgehead atoms. The molecule has 0 N–H and O–H groups in total. The van der Waals surface area contributed by atoms with E-state index in [1.165, 1.54) is 6.08 Å². The molecule has 0 saturated heterocycles. The van der Waals surface area contributed by atoms with Crippen LogP contribution in [0, 0.1) is 0 Å². The quantitative estimate of drug-likeness (QED) is 0.658. The SMILES string of the molecule is CCCC(=CC(=O)C=C(C)C)C(F)(F)F. The van der Waals surface area contributed by atoms with Crippen LogP contribution in [0.3, 0.4) is 0 Å². The number of allylic oxidation sites excluding steroid dienone is 4. The minimum Gasteiger partial charge on any atom is -0.290 e. The molecule has 1 nitrogen and oxygen atoms in total. The highest BCUT2D eigenvalue weighted by Gasteiger charge is 2.32. The highest BCUT2D eigenvalue weighted by molar-refractivity contribution is 6.00. The van der Waals surface area contributed by atoms with Crippen molar-refractivity contribution in [2.24, 2.45) is 0 Å². The summed E-state index contributed by atoms with van der Waals surface area (Å²) in [7, 11) is 0. The fourth-order valence-corrected chi connectivity index (χ4v) is 1.06. The van der Waals surface area contributed by atoms with E-state index in [1.807, 2.05) is 0 Å². The second-order valence-corrected chi connectivity index (χ2v) is 3.54. The lowest BCUT2D eigenvalue weighted by atomic mass is 10.1. The minimum atomic E-state index is -4.40. The molecular weight excluding hydrogens is 205 g/mol. The standard InChI is InChI=1S/C11H15F3O/c1-4-5-9(11(12,13)14)7-10(15)6-8(2)3/h6-7H,4-5H2,1-3H3. The molecule has 0 radical (unpaired) electrons. The van der Waals surface area contributed by atoms with Gasteiger partial charge in [-0.3, -0.25) is 4.79 Å². The van der Waals surface area contributed by atoms with Gasteiger partial charge in [0.25, 0.3) is 0 Å². The van der Waals surface area contributed by atoms with Gasteiger partial charge in [-0.25, -0.2) is 0 Å². The third kappa shape index (κ3) is 6.10. The Hall–Kier alpha value is -1.06. The van der Waals surface area contributed by atoms with Gasteiger partial charge in [0.15, 0.2) is 5.78 Å². The maximum absolute atomic E-state index is 12.4. The first-order chi connectivity index (χ1) is 6.77. The molecule has 0 fully saturated rings. The van der Waals surface area contributed by atoms with Crippen LogP contribution in [0.4, 0.5) is 13.2 Å². The first-order valence-electron chi connectivity index (χ1n) is 4.74. The van der Waals surface area contributed by atoms with E-state index in [2.05, 4.69) is 0 Å². The molecule has 0 heterocycles. The van der Waals surface area contributed by atoms with Crippen LogP contribution in [0.15, 0.2) is 23.3 Å². The van der Waals surface area contributed by atoms with Gasteiger partial charge in [0, 0.05) is 5.57 Å². The summed E-state index contributed by atoms with van der Waals surface area (Å²) < 4.78 is 37.1. The summed E-state index contributed by atoms with van der Waals surface area (Å²) in [5.41, 5.74) is -0.0678. The number of rotatable bonds is 4. The van der Waals surface area contributed by atoms with Gasteiger partial charge in [-0.15, -0.1) is 0 Å². The molecule has 0 aliphatic carbocycles. The van der Waals surface area contributed by atoms with Crippen molar-refractivity contribution in [3.8, 4) is 0 Å². The van der Waals surface area contributed by atoms with Gasteiger partial charge in [0.1, 0.15) is 0 Å². The Labute approximate surface area is 87.7 Å². The highest BCUT2D eigenvalue weighted by atomic mass is 19.4. The molecule has 0 aliphatic rings. The minimum absolute atomic E-state index is 0.119. The highest BCUT2D eigenvalue weighted by Crippen LogP contribution is 2.28. The lowest BCUT2D eigenvalue weighted by Crippen LogP contribution is -2.13. The van der Waals surface area contributed by atoms with Crippen LogP contribution in [0.5, 0.6) is 0 Å². The van der Waals surface area contributed by atoms with Gasteiger partial charge in [0.05, 0.1) is 0 Å². The molecule has 0 amide bonds. The van der Waals surface area contributed by atoms with Crippen molar-refractivity contribution in [2.45, 2.75) is 39.8 Å². The molecule has 0 rings (SSSR count). The van der Waals surface area contributed by atoms with Gasteiger partial charge < -0.3 is 0 Å². The smallest absolute Gasteiger partial charge is 0.290 e. The van der Waals surface area contributed by atoms with E-state index in [0.29, 0.717) is 18.1 Å². The van der Waals surface area contributed by atoms with Gasteiger partial charge in [-0.05, 0) is 32.4 Å². The van der Waals surface area contributed by atoms with Crippen LogP contribution in [0.2, 0.25) is 0 Å². The van der Waals surface area contributed by atoms with Crippen molar-refractivity contribution in [2.75, 3.05) is 0 Å². The van der Waals surface area contributed by atoms with E-state index in [1.54, 1.807) is 20.8 Å². The Morgan fingerprint density at radius 1 is 1.20 bits per heavy atom. The van der Waals surface area contributed by atoms with Crippen LogP contribution in [0.25, 0.3) is 0 Å². The number of carbonyl (C=O) groups excluding carboxylic acids is 1. The normalized spacial score (nSPS) is 12.5. The van der Waals surface area contributed by atoms with Crippen molar-refractivity contribution >= 4 is 5.78 Å². The van der Waals surface area contributed by atoms with Crippen molar-refractivity contribution in [1.29, 1.82) is 0 Å². The average Bonchev–Trinajstić information content (AvgIpc) is 2.00. The van der Waals surface area contributed by atoms with E-state index in [0.717, 1.165) is 0 Å². The Kier molecular flexibility index (Phi) is 5.33. The summed E-state index contributed by atoms with van der Waals surface area (Å²) in [6.45, 7) is 4.97. The van der Waals surface area contributed by atoms with Crippen molar-refractivity contribution in [3.05, 3.63) is 23.3 Å². The topological polar surface area (TPSA) is 17.1 Å². The largest absolute Gasteiger partial charge is 0.412 e. The molecule has 4 heteroatoms. The van der Waals surface area contributed by atoms with Crippen LogP contribution >= 0.6 is 0 Å². The zero-order chi connectivity index (χ0) is 12.1. The number of alkyl halides is 3. The molecule has 0 aromatic carbocycles. The van der Waals surface area contributed by atoms with Gasteiger partial charge in [0.2, 0.25) is 0 Å². The Bertz CT molecular complexity index is 281. The Morgan fingerprint density at radius 2 is 1.73 bits per heavy atom. The molecule has 0 aromatic heterocycles. The number of halogens is 3. The van der Waals surface area contributed by atoms with Crippen LogP contribution in [-0.4, -0.2) is 12.0 Å². The van der Waals surface area contributed by atoms with Crippen molar-refractivity contribution in [1.82, 2.24) is 0 Å². The van der Waals surface area contributed by atoms with E-state index < -0.39 is 17.5 Å². The Morgan fingerprint density at radius 3 is 2.07 bits per heavy atom. The summed E-state index contributed by atoms with van der Waals surface area (Å²) in [4.78, 5) is 11.1. The Balaban J connectivity index is 4.85. The van der Waals surface area contributed by atoms with E-state index in [-0.39, 0.29) is 6.42 Å². The number of ketones is 1. The second kappa shape index (κ2) is 5.73.